The van der Waals surface area contributed by atoms with Crippen LogP contribution in [0, 0.1) is 0 Å². The van der Waals surface area contributed by atoms with Gasteiger partial charge in [0.05, 0.1) is 37.6 Å². The first-order chi connectivity index (χ1) is 14.1. The number of aryl methyl sites for hydroxylation is 1. The van der Waals surface area contributed by atoms with Crippen LogP contribution >= 0.6 is 0 Å². The van der Waals surface area contributed by atoms with Gasteiger partial charge in [-0.3, -0.25) is 9.48 Å². The van der Waals surface area contributed by atoms with Crippen molar-refractivity contribution in [2.24, 2.45) is 7.05 Å². The second kappa shape index (κ2) is 8.42. The molecule has 1 fully saturated rings. The minimum Gasteiger partial charge on any atom is -0.383 e. The third kappa shape index (κ3) is 4.44. The van der Waals surface area contributed by atoms with E-state index in [0.29, 0.717) is 25.4 Å². The van der Waals surface area contributed by atoms with E-state index < -0.39 is 0 Å². The van der Waals surface area contributed by atoms with Crippen molar-refractivity contribution in [2.75, 3.05) is 18.9 Å². The summed E-state index contributed by atoms with van der Waals surface area (Å²) in [6.45, 7) is 1.28. The van der Waals surface area contributed by atoms with Crippen LogP contribution in [0.5, 0.6) is 0 Å². The van der Waals surface area contributed by atoms with Crippen LogP contribution in [0.1, 0.15) is 15.9 Å². The average Bonchev–Trinajstić information content (AvgIpc) is 3.36. The van der Waals surface area contributed by atoms with E-state index in [1.165, 1.54) is 0 Å². The first-order valence-corrected chi connectivity index (χ1v) is 9.39. The fourth-order valence-electron chi connectivity index (χ4n) is 3.24. The molecule has 8 heteroatoms. The predicted molar refractivity (Wildman–Crippen MR) is 108 cm³/mol. The molecule has 0 spiro atoms. The molecule has 0 aliphatic carbocycles. The van der Waals surface area contributed by atoms with Crippen LogP contribution in [0.25, 0.3) is 11.1 Å². The van der Waals surface area contributed by atoms with Gasteiger partial charge in [0.15, 0.2) is 0 Å². The zero-order valence-electron chi connectivity index (χ0n) is 16.1. The van der Waals surface area contributed by atoms with Crippen LogP contribution in [0.2, 0.25) is 0 Å². The summed E-state index contributed by atoms with van der Waals surface area (Å²) in [5, 5.41) is 7.13. The molecule has 1 aliphatic heterocycles. The molecule has 150 valence electrons. The first kappa shape index (κ1) is 19.1. The molecule has 0 bridgehead atoms. The first-order valence-electron chi connectivity index (χ1n) is 9.39. The Kier molecular flexibility index (Phi) is 5.55. The van der Waals surface area contributed by atoms with Gasteiger partial charge in [0.25, 0.3) is 5.91 Å². The Morgan fingerprint density at radius 1 is 1.28 bits per heavy atom. The molecule has 1 aromatic carbocycles. The molecule has 3 aromatic rings. The standard InChI is InChI=1S/C21H23N5O3/c1-26-10-16(9-24-26)15-7-17(20(22)23-8-15)21(27)25-18-12-28-13-19(18)29-11-14-5-3-2-4-6-14/h2-10,18-19H,11-13H2,1H3,(H2,22,23)(H,25,27)/t18?,19-/m0/s1. The van der Waals surface area contributed by atoms with Gasteiger partial charge in [0.2, 0.25) is 0 Å². The molecule has 0 radical (unpaired) electrons. The molecule has 3 heterocycles. The summed E-state index contributed by atoms with van der Waals surface area (Å²) in [5.41, 5.74) is 8.99. The number of amides is 1. The third-order valence-corrected chi connectivity index (χ3v) is 4.85. The second-order valence-electron chi connectivity index (χ2n) is 7.01. The lowest BCUT2D eigenvalue weighted by Gasteiger charge is -2.20. The number of anilines is 1. The topological polar surface area (TPSA) is 104 Å². The quantitative estimate of drug-likeness (QED) is 0.662. The molecule has 3 N–H and O–H groups in total. The maximum absolute atomic E-state index is 12.9. The SMILES string of the molecule is Cn1cc(-c2cnc(N)c(C(=O)NC3COC[C@@H]3OCc3ccccc3)c2)cn1. The Morgan fingerprint density at radius 2 is 2.10 bits per heavy atom. The van der Waals surface area contributed by atoms with Crippen molar-refractivity contribution in [1.29, 1.82) is 0 Å². The Labute approximate surface area is 168 Å². The number of rotatable bonds is 6. The molecule has 2 atom stereocenters. The van der Waals surface area contributed by atoms with E-state index in [-0.39, 0.29) is 23.9 Å². The number of nitrogen functional groups attached to an aromatic ring is 1. The largest absolute Gasteiger partial charge is 0.383 e. The van der Waals surface area contributed by atoms with Crippen LogP contribution in [0.15, 0.2) is 55.0 Å². The van der Waals surface area contributed by atoms with Crippen LogP contribution in [-0.2, 0) is 23.1 Å². The van der Waals surface area contributed by atoms with E-state index in [4.69, 9.17) is 15.2 Å². The summed E-state index contributed by atoms with van der Waals surface area (Å²) in [5.74, 6) is -0.125. The summed E-state index contributed by atoms with van der Waals surface area (Å²) in [4.78, 5) is 17.0. The lowest BCUT2D eigenvalue weighted by atomic mass is 10.1. The fourth-order valence-corrected chi connectivity index (χ4v) is 3.24. The molecule has 1 amide bonds. The number of hydrogen-bond donors (Lipinski definition) is 2. The highest BCUT2D eigenvalue weighted by Crippen LogP contribution is 2.22. The minimum atomic E-state index is -0.301. The molecular weight excluding hydrogens is 370 g/mol. The maximum atomic E-state index is 12.9. The van der Waals surface area contributed by atoms with Gasteiger partial charge in [0, 0.05) is 30.6 Å². The van der Waals surface area contributed by atoms with Crippen LogP contribution in [0.3, 0.4) is 0 Å². The van der Waals surface area contributed by atoms with Gasteiger partial charge >= 0.3 is 0 Å². The van der Waals surface area contributed by atoms with Gasteiger partial charge in [-0.25, -0.2) is 4.98 Å². The summed E-state index contributed by atoms with van der Waals surface area (Å²) in [6.07, 6.45) is 4.98. The molecule has 8 nitrogen and oxygen atoms in total. The van der Waals surface area contributed by atoms with Gasteiger partial charge in [-0.05, 0) is 11.6 Å². The number of nitrogens with zero attached hydrogens (tertiary/aromatic N) is 3. The second-order valence-corrected chi connectivity index (χ2v) is 7.01. The maximum Gasteiger partial charge on any atom is 0.255 e. The molecule has 29 heavy (non-hydrogen) atoms. The number of nitrogens with two attached hydrogens (primary N) is 1. The van der Waals surface area contributed by atoms with E-state index in [1.807, 2.05) is 43.6 Å². The summed E-state index contributed by atoms with van der Waals surface area (Å²) >= 11 is 0. The number of hydrogen-bond acceptors (Lipinski definition) is 6. The van der Waals surface area contributed by atoms with E-state index in [1.54, 1.807) is 23.1 Å². The van der Waals surface area contributed by atoms with Crippen LogP contribution < -0.4 is 11.1 Å². The highest BCUT2D eigenvalue weighted by Gasteiger charge is 2.31. The Balaban J connectivity index is 1.44. The van der Waals surface area contributed by atoms with Crippen molar-refractivity contribution in [3.8, 4) is 11.1 Å². The van der Waals surface area contributed by atoms with Crippen molar-refractivity contribution in [2.45, 2.75) is 18.8 Å². The highest BCUT2D eigenvalue weighted by atomic mass is 16.5. The van der Waals surface area contributed by atoms with Crippen molar-refractivity contribution < 1.29 is 14.3 Å². The van der Waals surface area contributed by atoms with Gasteiger partial charge in [0.1, 0.15) is 11.9 Å². The molecule has 0 saturated carbocycles. The van der Waals surface area contributed by atoms with E-state index in [9.17, 15) is 4.79 Å². The number of benzene rings is 1. The Hall–Kier alpha value is -3.23. The minimum absolute atomic E-state index is 0.177. The Morgan fingerprint density at radius 3 is 2.86 bits per heavy atom. The van der Waals surface area contributed by atoms with Crippen molar-refractivity contribution in [1.82, 2.24) is 20.1 Å². The van der Waals surface area contributed by atoms with Gasteiger partial charge < -0.3 is 20.5 Å². The lowest BCUT2D eigenvalue weighted by molar-refractivity contribution is 0.0218. The molecule has 2 aromatic heterocycles. The van der Waals surface area contributed by atoms with Crippen molar-refractivity contribution >= 4 is 11.7 Å². The predicted octanol–water partition coefficient (Wildman–Crippen LogP) is 1.78. The van der Waals surface area contributed by atoms with Gasteiger partial charge in [-0.1, -0.05) is 30.3 Å². The lowest BCUT2D eigenvalue weighted by Crippen LogP contribution is -2.44. The van der Waals surface area contributed by atoms with Crippen molar-refractivity contribution in [3.05, 3.63) is 66.1 Å². The molecule has 1 unspecified atom stereocenters. The molecule has 1 aliphatic rings. The summed E-state index contributed by atoms with van der Waals surface area (Å²) in [6, 6.07) is 11.4. The van der Waals surface area contributed by atoms with Crippen LogP contribution in [0.4, 0.5) is 5.82 Å². The summed E-state index contributed by atoms with van der Waals surface area (Å²) in [7, 11) is 1.83. The highest BCUT2D eigenvalue weighted by molar-refractivity contribution is 5.99. The average molecular weight is 393 g/mol. The Bertz CT molecular complexity index is 989. The normalized spacial score (nSPS) is 18.7. The fraction of sp³-hybridized carbons (Fsp3) is 0.286. The molecule has 1 saturated heterocycles. The van der Waals surface area contributed by atoms with Gasteiger partial charge in [-0.15, -0.1) is 0 Å². The number of carbonyl (C=O) groups is 1. The number of nitrogens with one attached hydrogen (secondary N) is 1. The van der Waals surface area contributed by atoms with E-state index in [2.05, 4.69) is 15.4 Å². The zero-order chi connectivity index (χ0) is 20.2. The number of ether oxygens (including phenoxy) is 2. The van der Waals surface area contributed by atoms with Gasteiger partial charge in [-0.2, -0.15) is 5.10 Å². The van der Waals surface area contributed by atoms with Crippen LogP contribution in [-0.4, -0.2) is 46.0 Å². The number of pyridine rings is 1. The van der Waals surface area contributed by atoms with E-state index >= 15 is 0 Å². The third-order valence-electron chi connectivity index (χ3n) is 4.85. The smallest absolute Gasteiger partial charge is 0.255 e. The van der Waals surface area contributed by atoms with Crippen molar-refractivity contribution in [3.63, 3.8) is 0 Å². The zero-order valence-corrected chi connectivity index (χ0v) is 16.1. The summed E-state index contributed by atoms with van der Waals surface area (Å²) < 4.78 is 13.2. The molecule has 4 rings (SSSR count). The number of aromatic nitrogens is 3. The number of carbonyl (C=O) groups excluding carboxylic acids is 1. The van der Waals surface area contributed by atoms with E-state index in [0.717, 1.165) is 16.7 Å². The monoisotopic (exact) mass is 393 g/mol. The molecular formula is C21H23N5O3.